The monoisotopic (exact) mass is 395 g/mol. The third-order valence-electron chi connectivity index (χ3n) is 7.30. The highest BCUT2D eigenvalue weighted by atomic mass is 32.2. The van der Waals surface area contributed by atoms with Gasteiger partial charge in [-0.2, -0.15) is 0 Å². The highest BCUT2D eigenvalue weighted by Crippen LogP contribution is 2.45. The first-order chi connectivity index (χ1) is 13.0. The summed E-state index contributed by atoms with van der Waals surface area (Å²) in [4.78, 5) is 7.43. The van der Waals surface area contributed by atoms with E-state index < -0.39 is 9.84 Å². The predicted molar refractivity (Wildman–Crippen MR) is 105 cm³/mol. The molecule has 5 rings (SSSR count). The molecule has 3 heterocycles. The number of rotatable bonds is 5. The van der Waals surface area contributed by atoms with Crippen LogP contribution in [0.4, 0.5) is 0 Å². The van der Waals surface area contributed by atoms with Gasteiger partial charge in [-0.05, 0) is 62.7 Å². The van der Waals surface area contributed by atoms with E-state index >= 15 is 0 Å². The lowest BCUT2D eigenvalue weighted by molar-refractivity contribution is 0.156. The van der Waals surface area contributed by atoms with Crippen LogP contribution in [0.3, 0.4) is 0 Å². The highest BCUT2D eigenvalue weighted by molar-refractivity contribution is 7.91. The van der Waals surface area contributed by atoms with Gasteiger partial charge in [-0.3, -0.25) is 4.99 Å². The van der Waals surface area contributed by atoms with Crippen molar-refractivity contribution < 1.29 is 13.2 Å². The fourth-order valence-corrected chi connectivity index (χ4v) is 7.09. The molecule has 0 radical (unpaired) electrons. The molecule has 0 amide bonds. The summed E-state index contributed by atoms with van der Waals surface area (Å²) in [6.45, 7) is 4.49. The Balaban J connectivity index is 1.30. The molecule has 0 aromatic carbocycles. The topological polar surface area (TPSA) is 71.0 Å². The molecular formula is C20H33N3O3S. The molecule has 0 bridgehead atoms. The molecule has 2 unspecified atom stereocenters. The van der Waals surface area contributed by atoms with Gasteiger partial charge in [0.1, 0.15) is 0 Å². The summed E-state index contributed by atoms with van der Waals surface area (Å²) in [5, 5.41) is 3.86. The minimum Gasteiger partial charge on any atom is -0.381 e. The Morgan fingerprint density at radius 3 is 2.56 bits per heavy atom. The summed E-state index contributed by atoms with van der Waals surface area (Å²) < 4.78 is 29.3. The third kappa shape index (κ3) is 4.14. The average molecular weight is 396 g/mol. The quantitative estimate of drug-likeness (QED) is 0.566. The van der Waals surface area contributed by atoms with Crippen LogP contribution in [0.15, 0.2) is 4.99 Å². The van der Waals surface area contributed by atoms with E-state index in [4.69, 9.17) is 9.73 Å². The van der Waals surface area contributed by atoms with Crippen LogP contribution in [0.1, 0.15) is 44.9 Å². The van der Waals surface area contributed by atoms with Crippen molar-refractivity contribution in [2.24, 2.45) is 28.2 Å². The second kappa shape index (κ2) is 6.90. The summed E-state index contributed by atoms with van der Waals surface area (Å²) in [5.74, 6) is 3.54. The summed E-state index contributed by atoms with van der Waals surface area (Å²) >= 11 is 0. The largest absolute Gasteiger partial charge is 0.381 e. The highest BCUT2D eigenvalue weighted by Gasteiger charge is 2.45. The zero-order chi connectivity index (χ0) is 18.5. The number of hydrogen-bond donors (Lipinski definition) is 1. The van der Waals surface area contributed by atoms with E-state index in [-0.39, 0.29) is 5.92 Å². The molecule has 27 heavy (non-hydrogen) atoms. The molecule has 5 aliphatic rings. The first-order valence-corrected chi connectivity index (χ1v) is 12.7. The summed E-state index contributed by atoms with van der Waals surface area (Å²) in [6, 6.07) is 0.576. The lowest BCUT2D eigenvalue weighted by Gasteiger charge is -2.29. The molecule has 152 valence electrons. The molecule has 3 aliphatic heterocycles. The minimum atomic E-state index is -2.83. The Morgan fingerprint density at radius 2 is 1.96 bits per heavy atom. The number of nitrogens with one attached hydrogen (secondary N) is 1. The van der Waals surface area contributed by atoms with Crippen molar-refractivity contribution >= 4 is 15.8 Å². The fourth-order valence-electron chi connectivity index (χ4n) is 5.24. The Bertz CT molecular complexity index is 681. The van der Waals surface area contributed by atoms with Gasteiger partial charge in [0.15, 0.2) is 15.8 Å². The number of nitrogens with zero attached hydrogens (tertiary/aromatic N) is 2. The second-order valence-corrected chi connectivity index (χ2v) is 12.0. The van der Waals surface area contributed by atoms with Gasteiger partial charge >= 0.3 is 0 Å². The van der Waals surface area contributed by atoms with E-state index in [0.29, 0.717) is 29.5 Å². The van der Waals surface area contributed by atoms with Crippen LogP contribution in [0.25, 0.3) is 0 Å². The second-order valence-electron chi connectivity index (χ2n) is 9.75. The Hall–Kier alpha value is -0.820. The number of likely N-dealkylation sites (tertiary alicyclic amines) is 1. The lowest BCUT2D eigenvalue weighted by atomic mass is 9.87. The molecule has 2 aliphatic carbocycles. The van der Waals surface area contributed by atoms with E-state index in [0.717, 1.165) is 56.9 Å². The zero-order valence-electron chi connectivity index (χ0n) is 16.2. The van der Waals surface area contributed by atoms with E-state index in [2.05, 4.69) is 10.2 Å². The lowest BCUT2D eigenvalue weighted by Crippen LogP contribution is -2.48. The van der Waals surface area contributed by atoms with Gasteiger partial charge in [-0.25, -0.2) is 8.42 Å². The third-order valence-corrected chi connectivity index (χ3v) is 9.14. The number of hydrogen-bond acceptors (Lipinski definition) is 4. The van der Waals surface area contributed by atoms with Crippen LogP contribution in [0.2, 0.25) is 0 Å². The normalized spacial score (nSPS) is 36.3. The van der Waals surface area contributed by atoms with E-state index in [9.17, 15) is 8.42 Å². The van der Waals surface area contributed by atoms with E-state index in [1.54, 1.807) is 0 Å². The van der Waals surface area contributed by atoms with Gasteiger partial charge in [0, 0.05) is 37.7 Å². The van der Waals surface area contributed by atoms with Crippen LogP contribution in [0.5, 0.6) is 0 Å². The molecule has 0 aromatic rings. The number of ether oxygens (including phenoxy) is 1. The maximum absolute atomic E-state index is 11.8. The molecule has 1 N–H and O–H groups in total. The van der Waals surface area contributed by atoms with Gasteiger partial charge in [0.25, 0.3) is 0 Å². The molecule has 5 fully saturated rings. The number of guanidine groups is 1. The van der Waals surface area contributed by atoms with Crippen molar-refractivity contribution in [1.29, 1.82) is 0 Å². The summed E-state index contributed by atoms with van der Waals surface area (Å²) in [5.41, 5.74) is 0.313. The molecular weight excluding hydrogens is 362 g/mol. The van der Waals surface area contributed by atoms with Crippen LogP contribution in [-0.4, -0.2) is 69.7 Å². The minimum absolute atomic E-state index is 0.193. The standard InChI is InChI=1S/C20H33N3O3S/c24-27(25)10-5-15(12-27)11-21-19(22-18(16-1-2-16)17-3-4-17)23-8-6-20(13-23)7-9-26-14-20/h15-18H,1-14H2,(H,21,22). The zero-order valence-corrected chi connectivity index (χ0v) is 17.1. The van der Waals surface area contributed by atoms with Crippen LogP contribution < -0.4 is 5.32 Å². The Kier molecular flexibility index (Phi) is 4.66. The van der Waals surface area contributed by atoms with Crippen molar-refractivity contribution in [3.63, 3.8) is 0 Å². The van der Waals surface area contributed by atoms with Crippen molar-refractivity contribution in [2.45, 2.75) is 51.0 Å². The Labute approximate surface area is 163 Å². The molecule has 1 spiro atoms. The van der Waals surface area contributed by atoms with E-state index in [1.165, 1.54) is 32.1 Å². The van der Waals surface area contributed by atoms with Crippen molar-refractivity contribution in [2.75, 3.05) is 44.4 Å². The maximum atomic E-state index is 11.8. The molecule has 6 nitrogen and oxygen atoms in total. The van der Waals surface area contributed by atoms with Gasteiger partial charge in [-0.15, -0.1) is 0 Å². The van der Waals surface area contributed by atoms with Crippen LogP contribution in [-0.2, 0) is 14.6 Å². The van der Waals surface area contributed by atoms with E-state index in [1.807, 2.05) is 0 Å². The predicted octanol–water partition coefficient (Wildman–Crippen LogP) is 1.67. The fraction of sp³-hybridized carbons (Fsp3) is 0.950. The first kappa shape index (κ1) is 18.2. The average Bonchev–Trinajstić information content (AvgIpc) is 3.55. The van der Waals surface area contributed by atoms with Crippen molar-refractivity contribution in [3.8, 4) is 0 Å². The molecule has 2 atom stereocenters. The number of sulfone groups is 1. The Morgan fingerprint density at radius 1 is 1.19 bits per heavy atom. The van der Waals surface area contributed by atoms with Crippen molar-refractivity contribution in [1.82, 2.24) is 10.2 Å². The van der Waals surface area contributed by atoms with Crippen molar-refractivity contribution in [3.05, 3.63) is 0 Å². The first-order valence-electron chi connectivity index (χ1n) is 10.9. The summed E-state index contributed by atoms with van der Waals surface area (Å²) in [7, 11) is -2.83. The molecule has 7 heteroatoms. The van der Waals surface area contributed by atoms with Crippen LogP contribution in [0, 0.1) is 23.2 Å². The molecule has 0 aromatic heterocycles. The maximum Gasteiger partial charge on any atom is 0.194 e. The summed E-state index contributed by atoms with van der Waals surface area (Å²) in [6.07, 6.45) is 8.50. The van der Waals surface area contributed by atoms with Crippen LogP contribution >= 0.6 is 0 Å². The molecule has 3 saturated heterocycles. The SMILES string of the molecule is O=S1(=O)CCC(CN=C(NC(C2CC2)C2CC2)N2CCC3(CCOC3)C2)C1. The van der Waals surface area contributed by atoms with Gasteiger partial charge in [0.05, 0.1) is 18.1 Å². The number of aliphatic imine (C=N–C) groups is 1. The smallest absolute Gasteiger partial charge is 0.194 e. The van der Waals surface area contributed by atoms with Gasteiger partial charge in [-0.1, -0.05) is 0 Å². The molecule has 2 saturated carbocycles. The van der Waals surface area contributed by atoms with Gasteiger partial charge < -0.3 is 15.0 Å². The van der Waals surface area contributed by atoms with Gasteiger partial charge in [0.2, 0.25) is 0 Å².